The molecule has 0 bridgehead atoms. The van der Waals surface area contributed by atoms with Crippen LogP contribution in [0.2, 0.25) is 0 Å². The van der Waals surface area contributed by atoms with Crippen LogP contribution in [-0.4, -0.2) is 15.2 Å². The molecule has 0 radical (unpaired) electrons. The summed E-state index contributed by atoms with van der Waals surface area (Å²) in [7, 11) is 0. The summed E-state index contributed by atoms with van der Waals surface area (Å²) in [6, 6.07) is 16.5. The van der Waals surface area contributed by atoms with Gasteiger partial charge in [-0.2, -0.15) is 18.3 Å². The van der Waals surface area contributed by atoms with Crippen LogP contribution in [0.1, 0.15) is 30.0 Å². The number of hydrogen-bond acceptors (Lipinski definition) is 3. The van der Waals surface area contributed by atoms with E-state index in [0.29, 0.717) is 22.9 Å². The van der Waals surface area contributed by atoms with Crippen LogP contribution in [0, 0.1) is 0 Å². The zero-order valence-corrected chi connectivity index (χ0v) is 15.3. The Hall–Kier alpha value is -3.35. The van der Waals surface area contributed by atoms with Gasteiger partial charge in [-0.1, -0.05) is 36.4 Å². The summed E-state index contributed by atoms with van der Waals surface area (Å²) in [5.41, 5.74) is 1.96. The lowest BCUT2D eigenvalue weighted by Gasteiger charge is -2.15. The quantitative estimate of drug-likeness (QED) is 0.429. The van der Waals surface area contributed by atoms with E-state index in [1.54, 1.807) is 18.2 Å². The molecule has 2 aromatic carbocycles. The maximum Gasteiger partial charge on any atom is 0.417 e. The minimum atomic E-state index is -4.46. The number of fused-ring (bicyclic) bond motifs is 1. The lowest BCUT2D eigenvalue weighted by atomic mass is 10.0. The van der Waals surface area contributed by atoms with E-state index in [1.165, 1.54) is 12.1 Å². The van der Waals surface area contributed by atoms with Crippen molar-refractivity contribution in [3.8, 4) is 11.3 Å². The van der Waals surface area contributed by atoms with Gasteiger partial charge in [0.2, 0.25) is 0 Å². The summed E-state index contributed by atoms with van der Waals surface area (Å²) in [4.78, 5) is 4.50. The maximum absolute atomic E-state index is 13.5. The summed E-state index contributed by atoms with van der Waals surface area (Å²) in [6.07, 6.45) is -2.16. The Morgan fingerprint density at radius 1 is 0.966 bits per heavy atom. The molecule has 146 valence electrons. The number of benzene rings is 2. The number of para-hydroxylation sites is 1. The van der Waals surface area contributed by atoms with Gasteiger partial charge in [0.05, 0.1) is 22.5 Å². The van der Waals surface area contributed by atoms with Crippen LogP contribution in [0.25, 0.3) is 22.2 Å². The van der Waals surface area contributed by atoms with Gasteiger partial charge in [-0.25, -0.2) is 4.98 Å². The molecule has 0 spiro atoms. The zero-order valence-electron chi connectivity index (χ0n) is 15.3. The zero-order chi connectivity index (χ0) is 20.0. The molecule has 1 aliphatic carbocycles. The van der Waals surface area contributed by atoms with E-state index in [1.807, 2.05) is 24.3 Å². The average Bonchev–Trinajstić information content (AvgIpc) is 3.46. The fourth-order valence-corrected chi connectivity index (χ4v) is 3.51. The van der Waals surface area contributed by atoms with E-state index in [2.05, 4.69) is 20.5 Å². The molecule has 4 nitrogen and oxygen atoms in total. The van der Waals surface area contributed by atoms with E-state index in [9.17, 15) is 13.2 Å². The number of hydrogen-bond donors (Lipinski definition) is 2. The molecular weight excluding hydrogens is 377 g/mol. The molecule has 2 aromatic heterocycles. The molecule has 0 amide bonds. The van der Waals surface area contributed by atoms with Crippen molar-refractivity contribution in [1.29, 1.82) is 0 Å². The molecule has 1 saturated carbocycles. The molecule has 2 heterocycles. The predicted molar refractivity (Wildman–Crippen MR) is 106 cm³/mol. The Kier molecular flexibility index (Phi) is 4.04. The van der Waals surface area contributed by atoms with Crippen molar-refractivity contribution in [2.75, 3.05) is 5.32 Å². The van der Waals surface area contributed by atoms with E-state index in [4.69, 9.17) is 0 Å². The van der Waals surface area contributed by atoms with Gasteiger partial charge in [-0.15, -0.1) is 0 Å². The number of anilines is 2. The molecule has 2 N–H and O–H groups in total. The number of nitrogens with zero attached hydrogens (tertiary/aromatic N) is 2. The van der Waals surface area contributed by atoms with Crippen LogP contribution >= 0.6 is 0 Å². The van der Waals surface area contributed by atoms with Crippen LogP contribution in [0.5, 0.6) is 0 Å². The first kappa shape index (κ1) is 17.7. The van der Waals surface area contributed by atoms with Gasteiger partial charge in [0, 0.05) is 28.6 Å². The molecule has 0 atom stereocenters. The summed E-state index contributed by atoms with van der Waals surface area (Å²) in [6.45, 7) is 0. The Balaban J connectivity index is 1.63. The number of aromatic nitrogens is 3. The third-order valence-electron chi connectivity index (χ3n) is 5.10. The minimum absolute atomic E-state index is 0.0505. The molecule has 1 aliphatic rings. The van der Waals surface area contributed by atoms with Crippen LogP contribution in [-0.2, 0) is 6.18 Å². The normalized spacial score (nSPS) is 14.3. The van der Waals surface area contributed by atoms with Crippen molar-refractivity contribution in [2.24, 2.45) is 0 Å². The van der Waals surface area contributed by atoms with Crippen LogP contribution in [0.3, 0.4) is 0 Å². The Bertz CT molecular complexity index is 1190. The first-order chi connectivity index (χ1) is 14.0. The molecule has 5 rings (SSSR count). The lowest BCUT2D eigenvalue weighted by Crippen LogP contribution is -2.07. The standard InChI is InChI=1S/C22H17F3N4/c23-22(24,25)16-7-3-1-5-14(16)19-11-20(15-6-2-4-8-17(15)26-19)27-21-12-18(28-29-21)13-9-10-13/h1-8,11-13H,9-10H2,(H2,26,27,28,29). The molecule has 29 heavy (non-hydrogen) atoms. The fourth-order valence-electron chi connectivity index (χ4n) is 3.51. The Morgan fingerprint density at radius 2 is 1.72 bits per heavy atom. The van der Waals surface area contributed by atoms with Gasteiger partial charge < -0.3 is 5.32 Å². The topological polar surface area (TPSA) is 53.6 Å². The number of H-pyrrole nitrogens is 1. The first-order valence-electron chi connectivity index (χ1n) is 9.38. The smallest absolute Gasteiger partial charge is 0.338 e. The van der Waals surface area contributed by atoms with Crippen molar-refractivity contribution in [2.45, 2.75) is 24.9 Å². The lowest BCUT2D eigenvalue weighted by molar-refractivity contribution is -0.137. The Morgan fingerprint density at radius 3 is 2.52 bits per heavy atom. The number of pyridine rings is 1. The minimum Gasteiger partial charge on any atom is -0.338 e. The molecule has 1 fully saturated rings. The highest BCUT2D eigenvalue weighted by Gasteiger charge is 2.33. The number of rotatable bonds is 4. The van der Waals surface area contributed by atoms with Crippen molar-refractivity contribution in [3.05, 3.63) is 71.9 Å². The molecule has 0 saturated heterocycles. The van der Waals surface area contributed by atoms with E-state index in [0.717, 1.165) is 30.0 Å². The van der Waals surface area contributed by atoms with Crippen LogP contribution < -0.4 is 5.32 Å². The second kappa shape index (κ2) is 6.62. The third kappa shape index (κ3) is 3.44. The first-order valence-corrected chi connectivity index (χ1v) is 9.38. The van der Waals surface area contributed by atoms with Crippen LogP contribution in [0.15, 0.2) is 60.7 Å². The SMILES string of the molecule is FC(F)(F)c1ccccc1-c1cc(Nc2cc(C3CC3)[nH]n2)c2ccccc2n1. The monoisotopic (exact) mass is 394 g/mol. The summed E-state index contributed by atoms with van der Waals surface area (Å²) >= 11 is 0. The summed E-state index contributed by atoms with van der Waals surface area (Å²) < 4.78 is 40.6. The second-order valence-electron chi connectivity index (χ2n) is 7.22. The van der Waals surface area contributed by atoms with E-state index >= 15 is 0 Å². The molecular formula is C22H17F3N4. The predicted octanol–water partition coefficient (Wildman–Crippen LogP) is 6.26. The summed E-state index contributed by atoms with van der Waals surface area (Å²) in [5, 5.41) is 11.4. The largest absolute Gasteiger partial charge is 0.417 e. The van der Waals surface area contributed by atoms with Crippen molar-refractivity contribution in [1.82, 2.24) is 15.2 Å². The third-order valence-corrected chi connectivity index (χ3v) is 5.10. The van der Waals surface area contributed by atoms with Gasteiger partial charge in [-0.05, 0) is 31.0 Å². The van der Waals surface area contributed by atoms with Gasteiger partial charge in [0.1, 0.15) is 0 Å². The van der Waals surface area contributed by atoms with Gasteiger partial charge in [-0.3, -0.25) is 5.10 Å². The van der Waals surface area contributed by atoms with Crippen LogP contribution in [0.4, 0.5) is 24.7 Å². The molecule has 4 aromatic rings. The van der Waals surface area contributed by atoms with E-state index < -0.39 is 11.7 Å². The maximum atomic E-state index is 13.5. The highest BCUT2D eigenvalue weighted by Crippen LogP contribution is 2.41. The number of alkyl halides is 3. The second-order valence-corrected chi connectivity index (χ2v) is 7.22. The number of nitrogens with one attached hydrogen (secondary N) is 2. The molecule has 7 heteroatoms. The highest BCUT2D eigenvalue weighted by molar-refractivity contribution is 5.95. The van der Waals surface area contributed by atoms with Gasteiger partial charge >= 0.3 is 6.18 Å². The van der Waals surface area contributed by atoms with Gasteiger partial charge in [0.15, 0.2) is 5.82 Å². The number of aromatic amines is 1. The van der Waals surface area contributed by atoms with E-state index in [-0.39, 0.29) is 11.3 Å². The van der Waals surface area contributed by atoms with Crippen molar-refractivity contribution in [3.63, 3.8) is 0 Å². The highest BCUT2D eigenvalue weighted by atomic mass is 19.4. The molecule has 0 unspecified atom stereocenters. The fraction of sp³-hybridized carbons (Fsp3) is 0.182. The number of halogens is 3. The Labute approximate surface area is 164 Å². The van der Waals surface area contributed by atoms with Crippen molar-refractivity contribution >= 4 is 22.4 Å². The summed E-state index contributed by atoms with van der Waals surface area (Å²) in [5.74, 6) is 1.17. The van der Waals surface area contributed by atoms with Gasteiger partial charge in [0.25, 0.3) is 0 Å². The van der Waals surface area contributed by atoms with Crippen molar-refractivity contribution < 1.29 is 13.2 Å². The average molecular weight is 394 g/mol. The molecule has 0 aliphatic heterocycles.